The molecule has 0 bridgehead atoms. The fourth-order valence-corrected chi connectivity index (χ4v) is 15.4. The highest BCUT2D eigenvalue weighted by molar-refractivity contribution is 7.99. The smallest absolute Gasteiger partial charge is 0.191 e. The molecule has 582 valence electrons. The van der Waals surface area contributed by atoms with Gasteiger partial charge in [0.2, 0.25) is 0 Å². The molecular weight excluding hydrogens is 1460 g/mol. The molecule has 0 unspecified atom stereocenters. The van der Waals surface area contributed by atoms with Gasteiger partial charge >= 0.3 is 0 Å². The topological polar surface area (TPSA) is 415 Å². The minimum absolute atomic E-state index is 0.0236. The molecule has 0 amide bonds. The predicted octanol–water partition coefficient (Wildman–Crippen LogP) is 6.55. The highest BCUT2D eigenvalue weighted by atomic mass is 32.2. The van der Waals surface area contributed by atoms with Crippen LogP contribution in [0.4, 0.5) is 30.6 Å². The van der Waals surface area contributed by atoms with Crippen molar-refractivity contribution in [3.8, 4) is 0 Å². The average Bonchev–Trinajstić information content (AvgIpc) is 1.60. The Morgan fingerprint density at radius 1 is 0.444 bits per heavy atom. The first kappa shape index (κ1) is 66.6. The summed E-state index contributed by atoms with van der Waals surface area (Å²) >= 11 is 2.55. The summed E-state index contributed by atoms with van der Waals surface area (Å²) < 4.78 is 142. The number of rotatable bonds is 30. The largest absolute Gasteiger partial charge is 0.394 e. The molecule has 0 spiro atoms. The van der Waals surface area contributed by atoms with E-state index in [2.05, 4.69) is 76.8 Å². The van der Waals surface area contributed by atoms with Crippen LogP contribution in [0, 0.1) is 38.2 Å². The Morgan fingerprint density at radius 3 is 1.06 bits per heavy atom. The molecule has 108 heavy (non-hydrogen) atoms. The zero-order valence-electron chi connectivity index (χ0n) is 69.6. The molecule has 30 nitrogen and oxygen atoms in total. The van der Waals surface area contributed by atoms with E-state index in [4.69, 9.17) is 33.0 Å². The van der Waals surface area contributed by atoms with Crippen LogP contribution in [0.25, 0.3) is 33.5 Å². The number of nitrogens with one attached hydrogen (secondary N) is 3. The fourth-order valence-electron chi connectivity index (χ4n) is 13.7. The van der Waals surface area contributed by atoms with Crippen molar-refractivity contribution in [1.29, 1.82) is 0 Å². The Labute approximate surface area is 647 Å². The maximum atomic E-state index is 14.1. The molecule has 6 heterocycles. The summed E-state index contributed by atoms with van der Waals surface area (Å²) in [7, 11) is 0. The molecule has 0 saturated heterocycles. The molecule has 6 aliphatic rings. The normalized spacial score (nSPS) is 29.6. The number of aliphatic hydroxyl groups excluding tert-OH is 8. The average molecular weight is 1570 g/mol. The Balaban J connectivity index is 0.000000154. The minimum atomic E-state index is -2.61. The van der Waals surface area contributed by atoms with Gasteiger partial charge in [-0.3, -0.25) is 0 Å². The summed E-state index contributed by atoms with van der Waals surface area (Å²) in [4.78, 5) is 27.1. The lowest BCUT2D eigenvalue weighted by Gasteiger charge is -2.17. The number of aromatic nitrogens is 15. The summed E-state index contributed by atoms with van der Waals surface area (Å²) in [5, 5.41) is 127. The Hall–Kier alpha value is -7.14. The number of halogens is 3. The van der Waals surface area contributed by atoms with Gasteiger partial charge in [-0.1, -0.05) is 108 Å². The molecular formula is C72H93F3N18O12S3. The number of nitrogens with zero attached hydrogens (tertiary/aromatic N) is 15. The van der Waals surface area contributed by atoms with Gasteiger partial charge in [0.25, 0.3) is 0 Å². The molecule has 0 aliphatic heterocycles. The second-order valence-electron chi connectivity index (χ2n) is 27.2. The second kappa shape index (κ2) is 35.1. The second-order valence-corrected chi connectivity index (χ2v) is 29.8. The van der Waals surface area contributed by atoms with Crippen LogP contribution in [-0.4, -0.2) is 251 Å². The van der Waals surface area contributed by atoms with Gasteiger partial charge in [-0.05, 0) is 111 Å². The monoisotopic (exact) mass is 1560 g/mol. The lowest BCUT2D eigenvalue weighted by atomic mass is 10.1. The van der Waals surface area contributed by atoms with Gasteiger partial charge in [-0.15, -0.1) is 15.3 Å². The summed E-state index contributed by atoms with van der Waals surface area (Å²) in [6.07, 6.45) is -7.76. The van der Waals surface area contributed by atoms with Crippen molar-refractivity contribution in [1.82, 2.24) is 74.9 Å². The van der Waals surface area contributed by atoms with Crippen LogP contribution in [0.2, 0.25) is 0 Å². The van der Waals surface area contributed by atoms with E-state index in [1.807, 2.05) is 18.2 Å². The third kappa shape index (κ3) is 17.5. The third-order valence-electron chi connectivity index (χ3n) is 19.9. The van der Waals surface area contributed by atoms with Crippen LogP contribution >= 0.6 is 35.3 Å². The van der Waals surface area contributed by atoms with Gasteiger partial charge in [0.05, 0.1) is 81.5 Å². The lowest BCUT2D eigenvalue weighted by molar-refractivity contribution is -0.0629. The fraction of sp³-hybridized carbons (Fsp3) is 0.583. The number of aliphatic hydroxyl groups is 9. The van der Waals surface area contributed by atoms with Gasteiger partial charge in [0, 0.05) is 80.5 Å². The van der Waals surface area contributed by atoms with E-state index in [1.54, 1.807) is 65.8 Å². The van der Waals surface area contributed by atoms with Crippen molar-refractivity contribution in [2.45, 2.75) is 224 Å². The third-order valence-corrected chi connectivity index (χ3v) is 22.3. The van der Waals surface area contributed by atoms with Crippen molar-refractivity contribution < 1.29 is 87.0 Å². The number of benzene rings is 3. The zero-order chi connectivity index (χ0) is 85.2. The highest BCUT2D eigenvalue weighted by Gasteiger charge is 2.49. The van der Waals surface area contributed by atoms with Crippen molar-refractivity contribution in [3.05, 3.63) is 105 Å². The molecule has 0 radical (unpaired) electrons. The van der Waals surface area contributed by atoms with Gasteiger partial charge in [-0.25, -0.2) is 57.1 Å². The molecule has 6 aliphatic carbocycles. The summed E-state index contributed by atoms with van der Waals surface area (Å²) in [6.45, 7) is 3.44. The maximum Gasteiger partial charge on any atom is 0.191 e. The van der Waals surface area contributed by atoms with Crippen LogP contribution in [0.1, 0.15) is 162 Å². The first-order valence-corrected chi connectivity index (χ1v) is 38.1. The number of hydrogen-bond donors (Lipinski definition) is 12. The van der Waals surface area contributed by atoms with Gasteiger partial charge in [0.15, 0.2) is 66.4 Å². The lowest BCUT2D eigenvalue weighted by Crippen LogP contribution is -2.33. The molecule has 12 N–H and O–H groups in total. The zero-order valence-corrected chi connectivity index (χ0v) is 62.0. The van der Waals surface area contributed by atoms with E-state index in [-0.39, 0.29) is 149 Å². The van der Waals surface area contributed by atoms with Gasteiger partial charge < -0.3 is 76.1 Å². The standard InChI is InChI=1S/3C24H31FN6O4S/c3*1-3-8-36-24-27-22(26-16-10-14(16)13-5-4-12(2)15(25)9-13)19-23(28-24)31(30-29-19)17-11-18(35-7-6-32)21(34)20(17)33/h3*4-5,9,14,16-18,20-21,32-34H,3,6-8,10-11H2,1-2H3,(H,26,27,28)/t3*14-,16+,17+,18-,20-,21+/m000/s1/i7D2,8D2;6D2,8D2;8D2. The molecule has 6 fully saturated rings. The van der Waals surface area contributed by atoms with Gasteiger partial charge in [-0.2, -0.15) is 0 Å². The van der Waals surface area contributed by atoms with Crippen molar-refractivity contribution in [3.63, 3.8) is 0 Å². The quantitative estimate of drug-likeness (QED) is 0.0168. The SMILES string of the molecule is [2H]C([2H])(CC)Sc1nc(N[C@@H]2C[C@H]2c2ccc(C)c(F)c2)c2nnn([C@@H]3C[C@H](OCCO)[C@@H](O)[C@H]3O)c2n1.[2H]C([2H])(CO)O[C@H]1C[C@@H](n2nnc3c(N[C@@H]4C[C@H]4c4ccc(C)c(F)c4)nc(SC([2H])([2H])CC)nc32)[C@H](O)[C@@H]1O.[2H]C([2H])(O)CO[C@H]1C[C@@H](n2nnc3c(N[C@@H]4C[C@H]4c4ccc(C)c(F)c4)nc(SC([2H])([2H])CC)nc32)[C@H](O)[C@@H]1O. The number of anilines is 3. The molecule has 15 rings (SSSR count). The van der Waals surface area contributed by atoms with Gasteiger partial charge in [0.1, 0.15) is 54.1 Å². The number of thioether (sulfide) groups is 3. The molecule has 9 aromatic rings. The Kier molecular flexibility index (Phi) is 21.6. The summed E-state index contributed by atoms with van der Waals surface area (Å²) in [5.74, 6) is 0.373. The summed E-state index contributed by atoms with van der Waals surface area (Å²) in [6, 6.07) is 12.9. The van der Waals surface area contributed by atoms with E-state index >= 15 is 0 Å². The highest BCUT2D eigenvalue weighted by Crippen LogP contribution is 2.48. The molecule has 3 aromatic carbocycles. The Bertz CT molecular complexity index is 5080. The number of fused-ring (bicyclic) bond motifs is 3. The van der Waals surface area contributed by atoms with Crippen molar-refractivity contribution in [2.24, 2.45) is 0 Å². The van der Waals surface area contributed by atoms with E-state index in [0.717, 1.165) is 71.2 Å². The van der Waals surface area contributed by atoms with Crippen LogP contribution < -0.4 is 16.0 Å². The number of ether oxygens (including phenoxy) is 3. The minimum Gasteiger partial charge on any atom is -0.394 e. The van der Waals surface area contributed by atoms with E-state index in [9.17, 15) is 54.0 Å². The van der Waals surface area contributed by atoms with Crippen molar-refractivity contribution in [2.75, 3.05) is 72.6 Å². The molecule has 6 aromatic heterocycles. The first-order chi connectivity index (χ1) is 55.7. The first-order valence-electron chi connectivity index (χ1n) is 40.7. The maximum absolute atomic E-state index is 14.1. The van der Waals surface area contributed by atoms with E-state index < -0.39 is 117 Å². The molecule has 36 heteroatoms. The molecule has 6 saturated carbocycles. The van der Waals surface area contributed by atoms with Crippen LogP contribution in [-0.2, 0) is 14.2 Å². The van der Waals surface area contributed by atoms with Crippen LogP contribution in [0.3, 0.4) is 0 Å². The summed E-state index contributed by atoms with van der Waals surface area (Å²) in [5.41, 5.74) is 0.934. The van der Waals surface area contributed by atoms with Crippen molar-refractivity contribution >= 4 is 86.2 Å². The number of aryl methyl sites for hydroxylation is 3. The molecule has 18 atom stereocenters. The predicted molar refractivity (Wildman–Crippen MR) is 398 cm³/mol. The number of hydrogen-bond acceptors (Lipinski definition) is 30. The van der Waals surface area contributed by atoms with E-state index in [1.165, 1.54) is 26.2 Å². The van der Waals surface area contributed by atoms with E-state index in [0.29, 0.717) is 39.7 Å². The Morgan fingerprint density at radius 2 is 0.769 bits per heavy atom. The van der Waals surface area contributed by atoms with Crippen LogP contribution in [0.5, 0.6) is 0 Å². The van der Waals surface area contributed by atoms with Crippen LogP contribution in [0.15, 0.2) is 70.1 Å².